The van der Waals surface area contributed by atoms with Gasteiger partial charge in [-0.25, -0.2) is 4.98 Å². The first kappa shape index (κ1) is 24.0. The summed E-state index contributed by atoms with van der Waals surface area (Å²) in [7, 11) is 1.95. The maximum atomic E-state index is 12.9. The van der Waals surface area contributed by atoms with Crippen LogP contribution in [-0.2, 0) is 4.79 Å². The van der Waals surface area contributed by atoms with Gasteiger partial charge in [0.2, 0.25) is 0 Å². The van der Waals surface area contributed by atoms with Crippen molar-refractivity contribution in [3.05, 3.63) is 63.9 Å². The molecule has 1 heterocycles. The second kappa shape index (κ2) is 12.4. The lowest BCUT2D eigenvalue weighted by Crippen LogP contribution is -2.36. The Morgan fingerprint density at radius 3 is 2.69 bits per heavy atom. The molecule has 2 aromatic rings. The molecule has 2 N–H and O–H groups in total. The maximum absolute atomic E-state index is 12.9. The molecule has 0 spiro atoms. The Kier molecular flexibility index (Phi) is 9.27. The molecule has 0 radical (unpaired) electrons. The number of amides is 1. The van der Waals surface area contributed by atoms with Gasteiger partial charge in [0.1, 0.15) is 22.0 Å². The molecule has 1 aromatic heterocycles. The van der Waals surface area contributed by atoms with Gasteiger partial charge in [-0.05, 0) is 97.0 Å². The van der Waals surface area contributed by atoms with Crippen molar-refractivity contribution in [2.45, 2.75) is 38.1 Å². The monoisotopic (exact) mass is 496 g/mol. The number of benzene rings is 1. The van der Waals surface area contributed by atoms with Crippen LogP contribution in [-0.4, -0.2) is 31.1 Å². The van der Waals surface area contributed by atoms with Crippen LogP contribution in [0.25, 0.3) is 6.08 Å². The number of hydrogen-bond donors (Lipinski definition) is 2. The summed E-state index contributed by atoms with van der Waals surface area (Å²) in [6, 6.07) is 15.2. The molecule has 1 unspecified atom stereocenters. The maximum Gasteiger partial charge on any atom is 0.262 e. The summed E-state index contributed by atoms with van der Waals surface area (Å²) in [6.45, 7) is 1.67. The highest BCUT2D eigenvalue weighted by molar-refractivity contribution is 9.10. The summed E-state index contributed by atoms with van der Waals surface area (Å²) in [6.07, 6.45) is 6.88. The number of nitrogens with one attached hydrogen (secondary N) is 2. The highest BCUT2D eigenvalue weighted by atomic mass is 79.9. The molecule has 3 rings (SSSR count). The van der Waals surface area contributed by atoms with Gasteiger partial charge in [-0.15, -0.1) is 0 Å². The SMILES string of the molecule is CNCCCCOc1ccc(C(NC(=O)C(C#N)=Cc2cccc(Br)n2)C2CCC2)cc1. The minimum absolute atomic E-state index is 0.0430. The molecule has 1 aliphatic carbocycles. The van der Waals surface area contributed by atoms with Crippen molar-refractivity contribution in [3.8, 4) is 11.8 Å². The zero-order valence-electron chi connectivity index (χ0n) is 18.3. The Labute approximate surface area is 198 Å². The van der Waals surface area contributed by atoms with E-state index in [1.54, 1.807) is 12.1 Å². The third-order valence-electron chi connectivity index (χ3n) is 5.63. The molecule has 7 heteroatoms. The van der Waals surface area contributed by atoms with Crippen LogP contribution in [0.15, 0.2) is 52.6 Å². The van der Waals surface area contributed by atoms with E-state index in [1.807, 2.05) is 43.4 Å². The van der Waals surface area contributed by atoms with Gasteiger partial charge < -0.3 is 15.4 Å². The van der Waals surface area contributed by atoms with E-state index in [0.717, 1.165) is 50.0 Å². The largest absolute Gasteiger partial charge is 0.494 e. The predicted molar refractivity (Wildman–Crippen MR) is 129 cm³/mol. The van der Waals surface area contributed by atoms with Gasteiger partial charge in [-0.1, -0.05) is 24.6 Å². The van der Waals surface area contributed by atoms with E-state index in [9.17, 15) is 10.1 Å². The Hall–Kier alpha value is -2.69. The number of rotatable bonds is 11. The number of aromatic nitrogens is 1. The number of nitriles is 1. The van der Waals surface area contributed by atoms with Gasteiger partial charge in [-0.2, -0.15) is 5.26 Å². The van der Waals surface area contributed by atoms with Gasteiger partial charge in [-0.3, -0.25) is 4.79 Å². The molecule has 32 heavy (non-hydrogen) atoms. The number of pyridine rings is 1. The first-order chi connectivity index (χ1) is 15.6. The van der Waals surface area contributed by atoms with Crippen molar-refractivity contribution >= 4 is 27.9 Å². The quantitative estimate of drug-likeness (QED) is 0.202. The molecular weight excluding hydrogens is 468 g/mol. The van der Waals surface area contributed by atoms with Crippen molar-refractivity contribution in [3.63, 3.8) is 0 Å². The molecule has 1 aliphatic rings. The summed E-state index contributed by atoms with van der Waals surface area (Å²) in [5.74, 6) is 0.822. The lowest BCUT2D eigenvalue weighted by molar-refractivity contribution is -0.118. The fourth-order valence-electron chi connectivity index (χ4n) is 3.63. The normalized spacial score (nSPS) is 14.8. The van der Waals surface area contributed by atoms with Gasteiger partial charge in [0.25, 0.3) is 5.91 Å². The van der Waals surface area contributed by atoms with E-state index < -0.39 is 0 Å². The highest BCUT2D eigenvalue weighted by Gasteiger charge is 2.30. The Morgan fingerprint density at radius 1 is 1.28 bits per heavy atom. The van der Waals surface area contributed by atoms with E-state index in [2.05, 4.69) is 31.5 Å². The highest BCUT2D eigenvalue weighted by Crippen LogP contribution is 2.38. The van der Waals surface area contributed by atoms with Crippen LogP contribution in [0.3, 0.4) is 0 Å². The topological polar surface area (TPSA) is 87.0 Å². The van der Waals surface area contributed by atoms with Crippen molar-refractivity contribution in [2.24, 2.45) is 5.92 Å². The molecule has 0 aliphatic heterocycles. The van der Waals surface area contributed by atoms with Crippen LogP contribution >= 0.6 is 15.9 Å². The molecule has 0 bridgehead atoms. The molecule has 1 amide bonds. The Balaban J connectivity index is 1.67. The fraction of sp³-hybridized carbons (Fsp3) is 0.400. The summed E-state index contributed by atoms with van der Waals surface area (Å²) in [4.78, 5) is 17.2. The zero-order valence-corrected chi connectivity index (χ0v) is 19.9. The van der Waals surface area contributed by atoms with E-state index in [-0.39, 0.29) is 17.5 Å². The average molecular weight is 497 g/mol. The Morgan fingerprint density at radius 2 is 2.06 bits per heavy atom. The molecule has 1 fully saturated rings. The van der Waals surface area contributed by atoms with E-state index in [0.29, 0.717) is 22.8 Å². The van der Waals surface area contributed by atoms with Gasteiger partial charge in [0.15, 0.2) is 0 Å². The lowest BCUT2D eigenvalue weighted by atomic mass is 9.77. The van der Waals surface area contributed by atoms with Gasteiger partial charge in [0.05, 0.1) is 18.3 Å². The van der Waals surface area contributed by atoms with Crippen LogP contribution in [0, 0.1) is 17.2 Å². The van der Waals surface area contributed by atoms with Crippen molar-refractivity contribution < 1.29 is 9.53 Å². The average Bonchev–Trinajstić information content (AvgIpc) is 2.76. The van der Waals surface area contributed by atoms with Crippen molar-refractivity contribution in [2.75, 3.05) is 20.2 Å². The summed E-state index contributed by atoms with van der Waals surface area (Å²) in [5, 5.41) is 15.8. The smallest absolute Gasteiger partial charge is 0.262 e. The van der Waals surface area contributed by atoms with Gasteiger partial charge >= 0.3 is 0 Å². The number of unbranched alkanes of at least 4 members (excludes halogenated alkanes) is 1. The number of hydrogen-bond acceptors (Lipinski definition) is 5. The summed E-state index contributed by atoms with van der Waals surface area (Å²) in [5.41, 5.74) is 1.63. The summed E-state index contributed by atoms with van der Waals surface area (Å²) >= 11 is 3.31. The molecule has 1 aromatic carbocycles. The van der Waals surface area contributed by atoms with Gasteiger partial charge in [0, 0.05) is 0 Å². The zero-order chi connectivity index (χ0) is 22.8. The van der Waals surface area contributed by atoms with Crippen LogP contribution in [0.4, 0.5) is 0 Å². The van der Waals surface area contributed by atoms with Crippen LogP contribution in [0.2, 0.25) is 0 Å². The summed E-state index contributed by atoms with van der Waals surface area (Å²) < 4.78 is 6.48. The standard InChI is InChI=1S/C25H29BrN4O2/c1-28-14-2-3-15-32-22-12-10-19(11-13-22)24(18-6-4-7-18)30-25(31)20(17-27)16-21-8-5-9-23(26)29-21/h5,8-13,16,18,24,28H,2-4,6-7,14-15H2,1H3,(H,30,31). The lowest BCUT2D eigenvalue weighted by Gasteiger charge is -2.34. The van der Waals surface area contributed by atoms with Crippen LogP contribution < -0.4 is 15.4 Å². The number of carbonyl (C=O) groups excluding carboxylic acids is 1. The molecule has 168 valence electrons. The van der Waals surface area contributed by atoms with E-state index >= 15 is 0 Å². The van der Waals surface area contributed by atoms with Crippen molar-refractivity contribution in [1.82, 2.24) is 15.6 Å². The first-order valence-corrected chi connectivity index (χ1v) is 11.8. The second-order valence-corrected chi connectivity index (χ2v) is 8.74. The molecular formula is C25H29BrN4O2. The third kappa shape index (κ3) is 6.91. The van der Waals surface area contributed by atoms with Crippen LogP contribution in [0.5, 0.6) is 5.75 Å². The molecule has 1 atom stereocenters. The van der Waals surface area contributed by atoms with E-state index in [4.69, 9.17) is 4.74 Å². The van der Waals surface area contributed by atoms with Crippen molar-refractivity contribution in [1.29, 1.82) is 5.26 Å². The number of halogens is 1. The number of ether oxygens (including phenoxy) is 1. The van der Waals surface area contributed by atoms with Crippen LogP contribution in [0.1, 0.15) is 49.4 Å². The Bertz CT molecular complexity index is 965. The minimum atomic E-state index is -0.379. The number of nitrogens with zero attached hydrogens (tertiary/aromatic N) is 2. The van der Waals surface area contributed by atoms with E-state index in [1.165, 1.54) is 6.08 Å². The second-order valence-electron chi connectivity index (χ2n) is 7.93. The minimum Gasteiger partial charge on any atom is -0.494 e. The molecule has 6 nitrogen and oxygen atoms in total. The third-order valence-corrected chi connectivity index (χ3v) is 6.07. The molecule has 0 saturated heterocycles. The molecule has 1 saturated carbocycles. The number of carbonyl (C=O) groups is 1. The predicted octanol–water partition coefficient (Wildman–Crippen LogP) is 4.79. The fourth-order valence-corrected chi connectivity index (χ4v) is 3.99. The first-order valence-electron chi connectivity index (χ1n) is 11.0.